The fourth-order valence-electron chi connectivity index (χ4n) is 2.85. The molecule has 19 heavy (non-hydrogen) atoms. The summed E-state index contributed by atoms with van der Waals surface area (Å²) in [5.74, 6) is -0.316. The predicted molar refractivity (Wildman–Crippen MR) is 75.8 cm³/mol. The Kier molecular flexibility index (Phi) is 4.82. The van der Waals surface area contributed by atoms with Crippen LogP contribution in [0, 0.1) is 11.2 Å². The average molecular weight is 286 g/mol. The van der Waals surface area contributed by atoms with E-state index in [0.717, 1.165) is 24.9 Å². The fourth-order valence-corrected chi connectivity index (χ4v) is 3.18. The van der Waals surface area contributed by atoms with E-state index >= 15 is 0 Å². The Morgan fingerprint density at radius 2 is 2.11 bits per heavy atom. The molecular formula is C15H21ClFNO. The van der Waals surface area contributed by atoms with Crippen LogP contribution in [0.1, 0.15) is 44.2 Å². The zero-order chi connectivity index (χ0) is 13.9. The molecule has 0 spiro atoms. The van der Waals surface area contributed by atoms with E-state index in [1.807, 2.05) is 6.92 Å². The van der Waals surface area contributed by atoms with E-state index in [0.29, 0.717) is 5.02 Å². The van der Waals surface area contributed by atoms with Crippen LogP contribution < -0.4 is 5.32 Å². The van der Waals surface area contributed by atoms with Gasteiger partial charge in [-0.25, -0.2) is 4.39 Å². The van der Waals surface area contributed by atoms with Gasteiger partial charge in [0.25, 0.3) is 0 Å². The van der Waals surface area contributed by atoms with E-state index in [2.05, 4.69) is 5.32 Å². The quantitative estimate of drug-likeness (QED) is 0.865. The van der Waals surface area contributed by atoms with Crippen molar-refractivity contribution in [2.45, 2.75) is 38.6 Å². The van der Waals surface area contributed by atoms with Crippen molar-refractivity contribution in [2.24, 2.45) is 5.41 Å². The van der Waals surface area contributed by atoms with E-state index in [9.17, 15) is 9.50 Å². The number of halogens is 2. The number of aliphatic hydroxyl groups excluding tert-OH is 1. The Labute approximate surface area is 119 Å². The van der Waals surface area contributed by atoms with Crippen LogP contribution in [0.3, 0.4) is 0 Å². The van der Waals surface area contributed by atoms with Gasteiger partial charge in [0.2, 0.25) is 0 Å². The van der Waals surface area contributed by atoms with Gasteiger partial charge in [-0.15, -0.1) is 0 Å². The molecule has 0 bridgehead atoms. The van der Waals surface area contributed by atoms with Gasteiger partial charge in [0.15, 0.2) is 0 Å². The van der Waals surface area contributed by atoms with Crippen LogP contribution in [-0.2, 0) is 0 Å². The number of rotatable bonds is 5. The van der Waals surface area contributed by atoms with Gasteiger partial charge < -0.3 is 10.4 Å². The number of nitrogens with one attached hydrogen (secondary N) is 1. The second-order valence-corrected chi connectivity index (χ2v) is 6.04. The molecule has 4 heteroatoms. The summed E-state index contributed by atoms with van der Waals surface area (Å²) in [6.07, 6.45) is 4.52. The first-order chi connectivity index (χ1) is 9.06. The lowest BCUT2D eigenvalue weighted by Crippen LogP contribution is -2.36. The summed E-state index contributed by atoms with van der Waals surface area (Å²) in [4.78, 5) is 0. The molecule has 0 amide bonds. The molecule has 1 atom stereocenters. The summed E-state index contributed by atoms with van der Waals surface area (Å²) in [6.45, 7) is 3.02. The van der Waals surface area contributed by atoms with Crippen LogP contribution in [0.4, 0.5) is 4.39 Å². The third-order valence-corrected chi connectivity index (χ3v) is 4.54. The molecular weight excluding hydrogens is 265 g/mol. The monoisotopic (exact) mass is 285 g/mol. The first-order valence-corrected chi connectivity index (χ1v) is 7.23. The van der Waals surface area contributed by atoms with Crippen molar-refractivity contribution in [1.82, 2.24) is 5.32 Å². The van der Waals surface area contributed by atoms with Gasteiger partial charge in [0.05, 0.1) is 0 Å². The number of hydrogen-bond acceptors (Lipinski definition) is 2. The molecule has 0 aromatic heterocycles. The molecule has 0 heterocycles. The lowest BCUT2D eigenvalue weighted by atomic mass is 9.87. The Morgan fingerprint density at radius 1 is 1.42 bits per heavy atom. The smallest absolute Gasteiger partial charge is 0.124 e. The molecule has 0 aliphatic heterocycles. The van der Waals surface area contributed by atoms with E-state index in [1.54, 1.807) is 6.07 Å². The first-order valence-electron chi connectivity index (χ1n) is 6.85. The zero-order valence-corrected chi connectivity index (χ0v) is 12.0. The van der Waals surface area contributed by atoms with Gasteiger partial charge in [-0.2, -0.15) is 0 Å². The first kappa shape index (κ1) is 14.8. The van der Waals surface area contributed by atoms with Gasteiger partial charge >= 0.3 is 0 Å². The highest BCUT2D eigenvalue weighted by Crippen LogP contribution is 2.37. The second kappa shape index (κ2) is 6.21. The third-order valence-electron chi connectivity index (χ3n) is 4.21. The Hall–Kier alpha value is -0.640. The molecule has 1 unspecified atom stereocenters. The highest BCUT2D eigenvalue weighted by molar-refractivity contribution is 6.31. The summed E-state index contributed by atoms with van der Waals surface area (Å²) < 4.78 is 13.0. The van der Waals surface area contributed by atoms with Crippen LogP contribution in [0.15, 0.2) is 18.2 Å². The Balaban J connectivity index is 1.99. The van der Waals surface area contributed by atoms with Crippen LogP contribution in [-0.4, -0.2) is 18.3 Å². The number of benzene rings is 1. The van der Waals surface area contributed by atoms with Gasteiger partial charge in [0, 0.05) is 29.6 Å². The van der Waals surface area contributed by atoms with Crippen molar-refractivity contribution in [1.29, 1.82) is 0 Å². The minimum Gasteiger partial charge on any atom is -0.396 e. The molecule has 1 saturated carbocycles. The maximum absolute atomic E-state index is 13.0. The topological polar surface area (TPSA) is 32.3 Å². The van der Waals surface area contributed by atoms with Crippen molar-refractivity contribution in [3.05, 3.63) is 34.6 Å². The summed E-state index contributed by atoms with van der Waals surface area (Å²) >= 11 is 6.06. The van der Waals surface area contributed by atoms with Crippen molar-refractivity contribution < 1.29 is 9.50 Å². The van der Waals surface area contributed by atoms with E-state index in [1.165, 1.54) is 25.0 Å². The molecule has 0 radical (unpaired) electrons. The summed E-state index contributed by atoms with van der Waals surface area (Å²) in [5.41, 5.74) is 0.912. The molecule has 106 valence electrons. The minimum absolute atomic E-state index is 0.0146. The molecule has 2 nitrogen and oxygen atoms in total. The SMILES string of the molecule is CC(NCC1(CO)CCCC1)c1ccc(F)cc1Cl. The number of hydrogen-bond donors (Lipinski definition) is 2. The maximum Gasteiger partial charge on any atom is 0.124 e. The van der Waals surface area contributed by atoms with E-state index in [4.69, 9.17) is 11.6 Å². The third kappa shape index (κ3) is 3.47. The highest BCUT2D eigenvalue weighted by Gasteiger charge is 2.33. The average Bonchev–Trinajstić information content (AvgIpc) is 2.85. The summed E-state index contributed by atoms with van der Waals surface area (Å²) in [7, 11) is 0. The molecule has 2 N–H and O–H groups in total. The largest absolute Gasteiger partial charge is 0.396 e. The lowest BCUT2D eigenvalue weighted by Gasteiger charge is -2.29. The van der Waals surface area contributed by atoms with Crippen molar-refractivity contribution in [3.63, 3.8) is 0 Å². The minimum atomic E-state index is -0.316. The van der Waals surface area contributed by atoms with Crippen molar-refractivity contribution in [3.8, 4) is 0 Å². The van der Waals surface area contributed by atoms with Crippen LogP contribution in [0.2, 0.25) is 5.02 Å². The van der Waals surface area contributed by atoms with E-state index in [-0.39, 0.29) is 23.9 Å². The molecule has 1 aromatic rings. The molecule has 1 fully saturated rings. The Bertz CT molecular complexity index is 432. The summed E-state index contributed by atoms with van der Waals surface area (Å²) in [6, 6.07) is 4.54. The molecule has 2 rings (SSSR count). The van der Waals surface area contributed by atoms with Gasteiger partial charge in [0.1, 0.15) is 5.82 Å². The van der Waals surface area contributed by atoms with Gasteiger partial charge in [-0.1, -0.05) is 30.5 Å². The maximum atomic E-state index is 13.0. The van der Waals surface area contributed by atoms with E-state index < -0.39 is 0 Å². The normalized spacial score (nSPS) is 19.6. The zero-order valence-electron chi connectivity index (χ0n) is 11.3. The van der Waals surface area contributed by atoms with Crippen LogP contribution in [0.25, 0.3) is 0 Å². The van der Waals surface area contributed by atoms with Crippen LogP contribution >= 0.6 is 11.6 Å². The van der Waals surface area contributed by atoms with Crippen molar-refractivity contribution in [2.75, 3.05) is 13.2 Å². The molecule has 0 saturated heterocycles. The molecule has 1 aliphatic carbocycles. The van der Waals surface area contributed by atoms with Gasteiger partial charge in [-0.05, 0) is 37.5 Å². The summed E-state index contributed by atoms with van der Waals surface area (Å²) in [5, 5.41) is 13.4. The number of aliphatic hydroxyl groups is 1. The van der Waals surface area contributed by atoms with Crippen LogP contribution in [0.5, 0.6) is 0 Å². The predicted octanol–water partition coefficient (Wildman–Crippen LogP) is 3.68. The second-order valence-electron chi connectivity index (χ2n) is 5.63. The molecule has 1 aromatic carbocycles. The standard InChI is InChI=1S/C15H21ClFNO/c1-11(13-5-4-12(17)8-14(13)16)18-9-15(10-19)6-2-3-7-15/h4-5,8,11,18-19H,2-3,6-7,9-10H2,1H3. The fraction of sp³-hybridized carbons (Fsp3) is 0.600. The Morgan fingerprint density at radius 3 is 2.68 bits per heavy atom. The van der Waals surface area contributed by atoms with Gasteiger partial charge in [-0.3, -0.25) is 0 Å². The van der Waals surface area contributed by atoms with Crippen molar-refractivity contribution >= 4 is 11.6 Å². The lowest BCUT2D eigenvalue weighted by molar-refractivity contribution is 0.125. The highest BCUT2D eigenvalue weighted by atomic mass is 35.5. The molecule has 1 aliphatic rings.